The zero-order valence-corrected chi connectivity index (χ0v) is 37.8. The molecule has 6 nitrogen and oxygen atoms in total. The molecule has 2 atom stereocenters. The van der Waals surface area contributed by atoms with Crippen LogP contribution in [0.3, 0.4) is 0 Å². The average Bonchev–Trinajstić information content (AvgIpc) is 3.42. The van der Waals surface area contributed by atoms with Gasteiger partial charge in [-0.25, -0.2) is 0 Å². The number of allylic oxidation sites excluding steroid dienone is 18. The van der Waals surface area contributed by atoms with Gasteiger partial charge in [-0.05, 0) is 76.7 Å². The largest absolute Gasteiger partial charge is 0.453 e. The molecule has 0 aromatic carbocycles. The summed E-state index contributed by atoms with van der Waals surface area (Å²) in [6.07, 6.45) is 35.3. The van der Waals surface area contributed by atoms with Crippen molar-refractivity contribution in [3.8, 4) is 0 Å². The number of rotatable bonds is 22. The lowest BCUT2D eigenvalue weighted by Crippen LogP contribution is -2.36. The fraction of sp³-hybridized carbons (Fsp3) is 0.500. The van der Waals surface area contributed by atoms with Crippen LogP contribution in [0.1, 0.15) is 147 Å². The van der Waals surface area contributed by atoms with E-state index in [1.165, 1.54) is 0 Å². The van der Waals surface area contributed by atoms with E-state index < -0.39 is 23.0 Å². The normalized spacial score (nSPS) is 20.8. The van der Waals surface area contributed by atoms with Gasteiger partial charge in [0, 0.05) is 23.7 Å². The minimum Gasteiger partial charge on any atom is -0.453 e. The van der Waals surface area contributed by atoms with Gasteiger partial charge in [-0.2, -0.15) is 0 Å². The molecule has 6 heteroatoms. The quantitative estimate of drug-likeness (QED) is 0.0616. The molecule has 0 unspecified atom stereocenters. The van der Waals surface area contributed by atoms with E-state index in [2.05, 4.69) is 26.0 Å². The van der Waals surface area contributed by atoms with E-state index in [-0.39, 0.29) is 23.5 Å². The van der Waals surface area contributed by atoms with Crippen molar-refractivity contribution in [1.82, 2.24) is 0 Å². The molecule has 2 aliphatic rings. The van der Waals surface area contributed by atoms with Gasteiger partial charge < -0.3 is 9.47 Å². The van der Waals surface area contributed by atoms with Crippen molar-refractivity contribution in [2.45, 2.75) is 160 Å². The minimum absolute atomic E-state index is 0.111. The summed E-state index contributed by atoms with van der Waals surface area (Å²) in [4.78, 5) is 51.1. The van der Waals surface area contributed by atoms with Crippen LogP contribution in [0.15, 0.2) is 130 Å². The summed E-state index contributed by atoms with van der Waals surface area (Å²) >= 11 is 0. The first-order valence-corrected chi connectivity index (χ1v) is 21.4. The molecular weight excluding hydrogens is 721 g/mol. The van der Waals surface area contributed by atoms with E-state index >= 15 is 0 Å². The fourth-order valence-electron chi connectivity index (χ4n) is 7.19. The molecule has 0 heterocycles. The first kappa shape index (κ1) is 49.6. The molecule has 0 aromatic heterocycles. The zero-order valence-electron chi connectivity index (χ0n) is 37.8. The van der Waals surface area contributed by atoms with Gasteiger partial charge in [-0.3, -0.25) is 19.2 Å². The van der Waals surface area contributed by atoms with Gasteiger partial charge in [0.05, 0.1) is 0 Å². The molecule has 58 heavy (non-hydrogen) atoms. The highest BCUT2D eigenvalue weighted by Gasteiger charge is 2.48. The summed E-state index contributed by atoms with van der Waals surface area (Å²) < 4.78 is 11.4. The van der Waals surface area contributed by atoms with Crippen LogP contribution in [-0.2, 0) is 28.7 Å². The fourth-order valence-corrected chi connectivity index (χ4v) is 7.19. The summed E-state index contributed by atoms with van der Waals surface area (Å²) in [5.74, 6) is -0.815. The Morgan fingerprint density at radius 3 is 1.19 bits per heavy atom. The van der Waals surface area contributed by atoms with Crippen LogP contribution in [0, 0.1) is 10.8 Å². The summed E-state index contributed by atoms with van der Waals surface area (Å²) in [5, 5.41) is 0. The molecule has 0 radical (unpaired) electrons. The van der Waals surface area contributed by atoms with Crippen LogP contribution in [0.5, 0.6) is 0 Å². The molecular formula is C52H72O6. The summed E-state index contributed by atoms with van der Waals surface area (Å²) in [6, 6.07) is 0. The molecule has 316 valence electrons. The Kier molecular flexibility index (Phi) is 20.8. The number of hydrogen-bond donors (Lipinski definition) is 0. The van der Waals surface area contributed by atoms with E-state index in [1.807, 2.05) is 142 Å². The van der Waals surface area contributed by atoms with Crippen molar-refractivity contribution in [2.75, 3.05) is 0 Å². The third kappa shape index (κ3) is 15.3. The summed E-state index contributed by atoms with van der Waals surface area (Å²) in [7, 11) is 0. The molecule has 0 saturated carbocycles. The van der Waals surface area contributed by atoms with Crippen molar-refractivity contribution >= 4 is 23.5 Å². The zero-order chi connectivity index (χ0) is 43.5. The van der Waals surface area contributed by atoms with Crippen molar-refractivity contribution in [1.29, 1.82) is 0 Å². The Morgan fingerprint density at radius 1 is 0.517 bits per heavy atom. The standard InChI is InChI=1S/C52H72O6/c1-13-15-17-19-31-45(53)57-49-47(55)41(7)43(51(49,9)10)35-33-39(5)29-23-27-37(3)25-21-22-26-38(4)28-24-30-40(6)34-36-44-42(8)48(56)50(52(44,11)12)58-46(54)32-20-18-16-14-2/h21-30,33-36,49-50H,13-20,31-32H2,1-12H3/b22-21+,27-23+,28-24+,35-33-,36-34+,37-25+,38-26+,39-29+,40-30+/t49-,50-/m0/s1. The van der Waals surface area contributed by atoms with Crippen LogP contribution in [-0.4, -0.2) is 35.7 Å². The van der Waals surface area contributed by atoms with Crippen LogP contribution >= 0.6 is 0 Å². The Morgan fingerprint density at radius 2 is 0.845 bits per heavy atom. The van der Waals surface area contributed by atoms with E-state index in [0.29, 0.717) is 24.0 Å². The number of esters is 2. The average molecular weight is 793 g/mol. The van der Waals surface area contributed by atoms with Crippen molar-refractivity contribution < 1.29 is 28.7 Å². The molecule has 2 rings (SSSR count). The number of hydrogen-bond acceptors (Lipinski definition) is 6. The van der Waals surface area contributed by atoms with Crippen LogP contribution < -0.4 is 0 Å². The number of ketones is 2. The number of unbranched alkanes of at least 4 members (excludes halogenated alkanes) is 6. The van der Waals surface area contributed by atoms with E-state index in [4.69, 9.17) is 9.47 Å². The van der Waals surface area contributed by atoms with Gasteiger partial charge in [-0.1, -0.05) is 187 Å². The van der Waals surface area contributed by atoms with Gasteiger partial charge in [0.1, 0.15) is 0 Å². The molecule has 0 aliphatic heterocycles. The second kappa shape index (κ2) is 24.4. The van der Waals surface area contributed by atoms with Gasteiger partial charge in [-0.15, -0.1) is 0 Å². The Hall–Kier alpha value is -4.58. The molecule has 0 bridgehead atoms. The van der Waals surface area contributed by atoms with E-state index in [1.54, 1.807) is 0 Å². The van der Waals surface area contributed by atoms with Crippen LogP contribution in [0.2, 0.25) is 0 Å². The Labute approximate surface area is 351 Å². The maximum atomic E-state index is 13.1. The number of carbonyl (C=O) groups is 4. The molecule has 0 spiro atoms. The molecule has 0 N–H and O–H groups in total. The first-order chi connectivity index (χ1) is 27.4. The maximum Gasteiger partial charge on any atom is 0.306 e. The number of Topliss-reactive ketones (excluding diaryl/α,β-unsaturated/α-hetero) is 2. The monoisotopic (exact) mass is 793 g/mol. The maximum absolute atomic E-state index is 13.1. The summed E-state index contributed by atoms with van der Waals surface area (Å²) in [6.45, 7) is 23.9. The predicted octanol–water partition coefficient (Wildman–Crippen LogP) is 13.2. The first-order valence-electron chi connectivity index (χ1n) is 21.4. The topological polar surface area (TPSA) is 86.7 Å². The third-order valence-corrected chi connectivity index (χ3v) is 11.0. The van der Waals surface area contributed by atoms with E-state index in [9.17, 15) is 19.2 Å². The Balaban J connectivity index is 1.93. The van der Waals surface area contributed by atoms with Crippen LogP contribution in [0.25, 0.3) is 0 Å². The minimum atomic E-state index is -0.786. The molecule has 0 aromatic rings. The predicted molar refractivity (Wildman–Crippen MR) is 241 cm³/mol. The SMILES string of the molecule is CCCCCCC(=O)O[C@H]1C(=O)C(C)=C(\C=C/C(C)=C/C=C/C(C)=C/C=C/C=C(C)/C=C/C=C(C)/C=C/C2=C(C)C(=O)[C@H](OC(=O)CCCCCC)C2(C)C)C1(C)C. The third-order valence-electron chi connectivity index (χ3n) is 11.0. The van der Waals surface area contributed by atoms with Gasteiger partial charge in [0.2, 0.25) is 0 Å². The number of ether oxygens (including phenoxy) is 2. The van der Waals surface area contributed by atoms with Crippen molar-refractivity contribution in [3.63, 3.8) is 0 Å². The molecule has 0 fully saturated rings. The summed E-state index contributed by atoms with van der Waals surface area (Å²) in [5.41, 5.74) is 6.18. The molecule has 2 aliphatic carbocycles. The highest BCUT2D eigenvalue weighted by molar-refractivity contribution is 6.05. The van der Waals surface area contributed by atoms with Gasteiger partial charge in [0.15, 0.2) is 23.8 Å². The molecule has 0 saturated heterocycles. The highest BCUT2D eigenvalue weighted by Crippen LogP contribution is 2.44. The van der Waals surface area contributed by atoms with Crippen molar-refractivity contribution in [2.24, 2.45) is 10.8 Å². The molecule has 0 amide bonds. The lowest BCUT2D eigenvalue weighted by Gasteiger charge is -2.28. The lowest BCUT2D eigenvalue weighted by molar-refractivity contribution is -0.158. The second-order valence-electron chi connectivity index (χ2n) is 17.0. The van der Waals surface area contributed by atoms with Gasteiger partial charge >= 0.3 is 11.9 Å². The highest BCUT2D eigenvalue weighted by atomic mass is 16.6. The van der Waals surface area contributed by atoms with Crippen molar-refractivity contribution in [3.05, 3.63) is 130 Å². The lowest BCUT2D eigenvalue weighted by atomic mass is 9.82. The number of carbonyl (C=O) groups excluding carboxylic acids is 4. The Bertz CT molecular complexity index is 1690. The van der Waals surface area contributed by atoms with Gasteiger partial charge in [0.25, 0.3) is 0 Å². The second-order valence-corrected chi connectivity index (χ2v) is 17.0. The van der Waals surface area contributed by atoms with E-state index in [0.717, 1.165) is 84.8 Å². The van der Waals surface area contributed by atoms with Crippen LogP contribution in [0.4, 0.5) is 0 Å². The smallest absolute Gasteiger partial charge is 0.306 e.